The van der Waals surface area contributed by atoms with Crippen LogP contribution in [0.25, 0.3) is 0 Å². The Bertz CT molecular complexity index is 555. The molecule has 0 aromatic carbocycles. The first-order valence-corrected chi connectivity index (χ1v) is 8.80. The lowest BCUT2D eigenvalue weighted by Crippen LogP contribution is -2.45. The Hall–Kier alpha value is -1.07. The van der Waals surface area contributed by atoms with Crippen molar-refractivity contribution in [2.24, 2.45) is 11.8 Å². The molecule has 0 saturated carbocycles. The first-order chi connectivity index (χ1) is 10.8. The molecule has 0 aliphatic carbocycles. The van der Waals surface area contributed by atoms with Gasteiger partial charge in [-0.25, -0.2) is 0 Å². The number of halogens is 1. The van der Waals surface area contributed by atoms with Gasteiger partial charge in [0.15, 0.2) is 0 Å². The predicted molar refractivity (Wildman–Crippen MR) is 93.7 cm³/mol. The Kier molecular flexibility index (Phi) is 6.09. The molecule has 130 valence electrons. The lowest BCUT2D eigenvalue weighted by atomic mass is 9.96. The molecule has 0 unspecified atom stereocenters. The van der Waals surface area contributed by atoms with Crippen LogP contribution in [0.1, 0.15) is 31.2 Å². The highest BCUT2D eigenvalue weighted by Gasteiger charge is 2.27. The number of hydrogen-bond donors (Lipinski definition) is 0. The molecule has 0 spiro atoms. The van der Waals surface area contributed by atoms with E-state index < -0.39 is 0 Å². The molecule has 1 aromatic heterocycles. The lowest BCUT2D eigenvalue weighted by Gasteiger charge is -2.35. The van der Waals surface area contributed by atoms with Gasteiger partial charge in [-0.05, 0) is 46.7 Å². The van der Waals surface area contributed by atoms with Crippen LogP contribution < -0.4 is 0 Å². The Morgan fingerprint density at radius 2 is 2.13 bits per heavy atom. The fourth-order valence-corrected chi connectivity index (χ4v) is 3.57. The maximum Gasteiger partial charge on any atom is 0.227 e. The van der Waals surface area contributed by atoms with E-state index in [1.54, 1.807) is 0 Å². The van der Waals surface area contributed by atoms with E-state index in [0.717, 1.165) is 37.4 Å². The van der Waals surface area contributed by atoms with Crippen LogP contribution in [-0.2, 0) is 11.3 Å². The monoisotopic (exact) mass is 340 g/mol. The van der Waals surface area contributed by atoms with Gasteiger partial charge in [0, 0.05) is 19.6 Å². The highest BCUT2D eigenvalue weighted by Crippen LogP contribution is 2.22. The van der Waals surface area contributed by atoms with Crippen LogP contribution in [0.2, 0.25) is 5.02 Å². The van der Waals surface area contributed by atoms with E-state index in [-0.39, 0.29) is 11.8 Å². The number of aryl methyl sites for hydroxylation is 1. The van der Waals surface area contributed by atoms with Gasteiger partial charge in [0.1, 0.15) is 0 Å². The zero-order valence-electron chi connectivity index (χ0n) is 15.0. The fourth-order valence-electron chi connectivity index (χ4n) is 3.43. The molecule has 0 bridgehead atoms. The summed E-state index contributed by atoms with van der Waals surface area (Å²) in [5.41, 5.74) is 1.76. The minimum absolute atomic E-state index is 0.0813. The van der Waals surface area contributed by atoms with Crippen molar-refractivity contribution in [1.29, 1.82) is 0 Å². The van der Waals surface area contributed by atoms with E-state index in [1.807, 2.05) is 30.4 Å². The summed E-state index contributed by atoms with van der Waals surface area (Å²) in [5.74, 6) is 0.734. The van der Waals surface area contributed by atoms with Crippen LogP contribution in [0.5, 0.6) is 0 Å². The van der Waals surface area contributed by atoms with Crippen LogP contribution in [0.15, 0.2) is 0 Å². The Morgan fingerprint density at radius 3 is 2.70 bits per heavy atom. The van der Waals surface area contributed by atoms with Crippen molar-refractivity contribution in [1.82, 2.24) is 19.6 Å². The number of amides is 1. The van der Waals surface area contributed by atoms with E-state index in [9.17, 15) is 4.79 Å². The van der Waals surface area contributed by atoms with E-state index in [2.05, 4.69) is 24.1 Å². The minimum atomic E-state index is -0.0813. The van der Waals surface area contributed by atoms with Crippen molar-refractivity contribution in [3.63, 3.8) is 0 Å². The highest BCUT2D eigenvalue weighted by molar-refractivity contribution is 6.31. The second kappa shape index (κ2) is 7.67. The molecule has 1 aromatic rings. The average Bonchev–Trinajstić information content (AvgIpc) is 2.73. The highest BCUT2D eigenvalue weighted by atomic mass is 35.5. The molecule has 2 rings (SSSR count). The van der Waals surface area contributed by atoms with Gasteiger partial charge in [0.2, 0.25) is 5.91 Å². The molecule has 0 radical (unpaired) electrons. The zero-order valence-corrected chi connectivity index (χ0v) is 15.7. The first-order valence-electron chi connectivity index (χ1n) is 8.42. The van der Waals surface area contributed by atoms with Crippen LogP contribution in [0, 0.1) is 25.7 Å². The van der Waals surface area contributed by atoms with Gasteiger partial charge in [0.05, 0.1) is 28.9 Å². The van der Waals surface area contributed by atoms with Crippen molar-refractivity contribution >= 4 is 17.5 Å². The number of likely N-dealkylation sites (tertiary alicyclic amines) is 1. The molecular formula is C17H29ClN4O. The lowest BCUT2D eigenvalue weighted by molar-refractivity contribution is -0.137. The van der Waals surface area contributed by atoms with Crippen molar-refractivity contribution < 1.29 is 4.79 Å². The Labute approximate surface area is 144 Å². The van der Waals surface area contributed by atoms with E-state index in [1.165, 1.54) is 6.42 Å². The molecular weight excluding hydrogens is 312 g/mol. The molecule has 1 aliphatic rings. The third-order valence-electron chi connectivity index (χ3n) is 4.62. The molecule has 6 heteroatoms. The van der Waals surface area contributed by atoms with Gasteiger partial charge in [-0.15, -0.1) is 0 Å². The van der Waals surface area contributed by atoms with Crippen molar-refractivity contribution in [2.75, 3.05) is 33.7 Å². The number of piperidine rings is 1. The maximum atomic E-state index is 12.8. The molecule has 23 heavy (non-hydrogen) atoms. The molecule has 1 saturated heterocycles. The molecule has 1 amide bonds. The van der Waals surface area contributed by atoms with Crippen LogP contribution in [0.3, 0.4) is 0 Å². The molecule has 2 atom stereocenters. The second-order valence-electron chi connectivity index (χ2n) is 7.12. The first kappa shape index (κ1) is 18.3. The Balaban J connectivity index is 1.97. The number of hydrogen-bond acceptors (Lipinski definition) is 3. The predicted octanol–water partition coefficient (Wildman–Crippen LogP) is 2.59. The fraction of sp³-hybridized carbons (Fsp3) is 0.765. The quantitative estimate of drug-likeness (QED) is 0.827. The maximum absolute atomic E-state index is 12.8. The molecule has 2 heterocycles. The summed E-state index contributed by atoms with van der Waals surface area (Å²) in [4.78, 5) is 17.0. The van der Waals surface area contributed by atoms with Crippen molar-refractivity contribution in [2.45, 2.75) is 40.2 Å². The summed E-state index contributed by atoms with van der Waals surface area (Å²) in [6.07, 6.45) is 2.31. The van der Waals surface area contributed by atoms with E-state index in [4.69, 9.17) is 11.6 Å². The second-order valence-corrected chi connectivity index (χ2v) is 7.50. The summed E-state index contributed by atoms with van der Waals surface area (Å²) < 4.78 is 1.86. The number of nitrogens with zero attached hydrogens (tertiary/aromatic N) is 4. The van der Waals surface area contributed by atoms with Crippen LogP contribution in [0.4, 0.5) is 0 Å². The smallest absolute Gasteiger partial charge is 0.227 e. The van der Waals surface area contributed by atoms with Crippen molar-refractivity contribution in [3.8, 4) is 0 Å². The summed E-state index contributed by atoms with van der Waals surface area (Å²) in [6.45, 7) is 9.23. The average molecular weight is 341 g/mol. The van der Waals surface area contributed by atoms with Gasteiger partial charge >= 0.3 is 0 Å². The van der Waals surface area contributed by atoms with Gasteiger partial charge in [-0.1, -0.05) is 18.5 Å². The number of carbonyl (C=O) groups excluding carboxylic acids is 1. The minimum Gasteiger partial charge on any atom is -0.342 e. The molecule has 1 aliphatic heterocycles. The third-order valence-corrected chi connectivity index (χ3v) is 5.16. The standard InChI is InChI=1S/C17H29ClN4O/c1-12(9-22-14(3)16(18)13(2)19-22)17(23)21-8-6-7-15(11-21)10-20(4)5/h12,15H,6-11H2,1-5H3/t12-,15-/m1/s1. The topological polar surface area (TPSA) is 41.4 Å². The van der Waals surface area contributed by atoms with Crippen LogP contribution in [-0.4, -0.2) is 59.2 Å². The number of rotatable bonds is 5. The summed E-state index contributed by atoms with van der Waals surface area (Å²) in [7, 11) is 4.19. The summed E-state index contributed by atoms with van der Waals surface area (Å²) >= 11 is 6.19. The SMILES string of the molecule is Cc1nn(C[C@@H](C)C(=O)N2CCC[C@H](CN(C)C)C2)c(C)c1Cl. The molecule has 0 N–H and O–H groups in total. The third kappa shape index (κ3) is 4.48. The normalized spacial score (nSPS) is 20.1. The van der Waals surface area contributed by atoms with Gasteiger partial charge < -0.3 is 9.80 Å². The zero-order chi connectivity index (χ0) is 17.1. The Morgan fingerprint density at radius 1 is 1.43 bits per heavy atom. The number of carbonyl (C=O) groups is 1. The van der Waals surface area contributed by atoms with Gasteiger partial charge in [-0.2, -0.15) is 5.10 Å². The summed E-state index contributed by atoms with van der Waals surface area (Å²) in [6, 6.07) is 0. The van der Waals surface area contributed by atoms with E-state index >= 15 is 0 Å². The summed E-state index contributed by atoms with van der Waals surface area (Å²) in [5, 5.41) is 5.14. The van der Waals surface area contributed by atoms with Gasteiger partial charge in [0.25, 0.3) is 0 Å². The van der Waals surface area contributed by atoms with Gasteiger partial charge in [-0.3, -0.25) is 9.48 Å². The number of aromatic nitrogens is 2. The largest absolute Gasteiger partial charge is 0.342 e. The van der Waals surface area contributed by atoms with Crippen molar-refractivity contribution in [3.05, 3.63) is 16.4 Å². The van der Waals surface area contributed by atoms with Crippen LogP contribution >= 0.6 is 11.6 Å². The molecule has 1 fully saturated rings. The molecule has 5 nitrogen and oxygen atoms in total. The van der Waals surface area contributed by atoms with E-state index in [0.29, 0.717) is 17.5 Å².